The fourth-order valence-corrected chi connectivity index (χ4v) is 4.59. The highest BCUT2D eigenvalue weighted by Gasteiger charge is 2.28. The predicted molar refractivity (Wildman–Crippen MR) is 112 cm³/mol. The van der Waals surface area contributed by atoms with Crippen LogP contribution in [-0.4, -0.2) is 19.9 Å². The Balaban J connectivity index is 1.68. The van der Waals surface area contributed by atoms with Crippen LogP contribution in [0, 0.1) is 5.82 Å². The molecule has 1 amide bonds. The van der Waals surface area contributed by atoms with E-state index < -0.39 is 10.8 Å². The summed E-state index contributed by atoms with van der Waals surface area (Å²) in [5, 5.41) is 7.45. The van der Waals surface area contributed by atoms with Gasteiger partial charge in [0.25, 0.3) is 5.91 Å². The van der Waals surface area contributed by atoms with Crippen molar-refractivity contribution in [2.45, 2.75) is 37.7 Å². The second-order valence-electron chi connectivity index (χ2n) is 8.17. The molecule has 5 nitrogen and oxygen atoms in total. The molecule has 4 rings (SSSR count). The lowest BCUT2D eigenvalue weighted by atomic mass is 9.87. The Morgan fingerprint density at radius 3 is 2.34 bits per heavy atom. The molecule has 150 valence electrons. The van der Waals surface area contributed by atoms with Gasteiger partial charge in [0.2, 0.25) is 0 Å². The van der Waals surface area contributed by atoms with Crippen molar-refractivity contribution < 1.29 is 13.4 Å². The third-order valence-electron chi connectivity index (χ3n) is 4.99. The van der Waals surface area contributed by atoms with Gasteiger partial charge in [-0.15, -0.1) is 0 Å². The number of anilines is 1. The molecule has 2 aromatic carbocycles. The Labute approximate surface area is 171 Å². The fourth-order valence-electron chi connectivity index (χ4n) is 3.33. The summed E-state index contributed by atoms with van der Waals surface area (Å²) in [6.07, 6.45) is 0. The van der Waals surface area contributed by atoms with Crippen molar-refractivity contribution in [2.24, 2.45) is 0 Å². The van der Waals surface area contributed by atoms with Crippen molar-refractivity contribution in [3.63, 3.8) is 0 Å². The van der Waals surface area contributed by atoms with Gasteiger partial charge in [0.05, 0.1) is 22.9 Å². The molecular formula is C22H22FN3O2S. The van der Waals surface area contributed by atoms with Gasteiger partial charge in [0.1, 0.15) is 11.6 Å². The third kappa shape index (κ3) is 3.87. The summed E-state index contributed by atoms with van der Waals surface area (Å²) >= 11 is 0. The summed E-state index contributed by atoms with van der Waals surface area (Å²) in [7, 11) is -1.03. The summed E-state index contributed by atoms with van der Waals surface area (Å²) in [6, 6.07) is 13.4. The van der Waals surface area contributed by atoms with Crippen molar-refractivity contribution in [2.75, 3.05) is 5.32 Å². The van der Waals surface area contributed by atoms with Crippen LogP contribution in [0.15, 0.2) is 48.5 Å². The minimum atomic E-state index is -1.03. The van der Waals surface area contributed by atoms with Crippen molar-refractivity contribution in [3.8, 4) is 5.69 Å². The highest BCUT2D eigenvalue weighted by molar-refractivity contribution is 7.83. The maximum absolute atomic E-state index is 13.3. The molecular weight excluding hydrogens is 389 g/mol. The number of rotatable bonds is 3. The van der Waals surface area contributed by atoms with Crippen LogP contribution in [0.2, 0.25) is 0 Å². The summed E-state index contributed by atoms with van der Waals surface area (Å²) in [5.41, 5.74) is 3.77. The number of hydrogen-bond acceptors (Lipinski definition) is 3. The number of nitrogens with one attached hydrogen (secondary N) is 1. The molecule has 7 heteroatoms. The van der Waals surface area contributed by atoms with E-state index in [2.05, 4.69) is 31.2 Å². The first-order valence-electron chi connectivity index (χ1n) is 9.36. The van der Waals surface area contributed by atoms with Crippen LogP contribution < -0.4 is 5.32 Å². The molecule has 0 fully saturated rings. The Kier molecular flexibility index (Phi) is 4.86. The quantitative estimate of drug-likeness (QED) is 0.698. The summed E-state index contributed by atoms with van der Waals surface area (Å²) in [4.78, 5) is 12.9. The highest BCUT2D eigenvalue weighted by atomic mass is 32.2. The van der Waals surface area contributed by atoms with Gasteiger partial charge in [-0.05, 0) is 47.4 Å². The van der Waals surface area contributed by atoms with E-state index in [-0.39, 0.29) is 17.1 Å². The molecule has 1 N–H and O–H groups in total. The molecule has 0 unspecified atom stereocenters. The first-order valence-corrected chi connectivity index (χ1v) is 10.8. The molecule has 0 bridgehead atoms. The van der Waals surface area contributed by atoms with Crippen LogP contribution in [0.25, 0.3) is 5.69 Å². The zero-order valence-electron chi connectivity index (χ0n) is 16.5. The Morgan fingerprint density at radius 1 is 1.07 bits per heavy atom. The second-order valence-corrected chi connectivity index (χ2v) is 9.63. The first-order chi connectivity index (χ1) is 13.7. The fraction of sp³-hybridized carbons (Fsp3) is 0.273. The minimum absolute atomic E-state index is 0.00109. The van der Waals surface area contributed by atoms with Crippen molar-refractivity contribution in [3.05, 3.63) is 76.7 Å². The van der Waals surface area contributed by atoms with Gasteiger partial charge in [0, 0.05) is 21.9 Å². The van der Waals surface area contributed by atoms with Crippen LogP contribution in [0.4, 0.5) is 10.2 Å². The molecule has 29 heavy (non-hydrogen) atoms. The number of halogens is 1. The van der Waals surface area contributed by atoms with Crippen LogP contribution in [-0.2, 0) is 27.7 Å². The van der Waals surface area contributed by atoms with E-state index >= 15 is 0 Å². The number of carbonyl (C=O) groups is 1. The Morgan fingerprint density at radius 2 is 1.72 bits per heavy atom. The molecule has 1 aromatic heterocycles. The predicted octanol–water partition coefficient (Wildman–Crippen LogP) is 4.32. The molecule has 0 radical (unpaired) electrons. The molecule has 0 spiro atoms. The number of nitrogens with zero attached hydrogens (tertiary/aromatic N) is 2. The van der Waals surface area contributed by atoms with Crippen molar-refractivity contribution >= 4 is 22.5 Å². The monoisotopic (exact) mass is 411 g/mol. The summed E-state index contributed by atoms with van der Waals surface area (Å²) in [5.74, 6) is 0.567. The van der Waals surface area contributed by atoms with E-state index in [1.54, 1.807) is 28.9 Å². The van der Waals surface area contributed by atoms with E-state index in [0.717, 1.165) is 11.1 Å². The van der Waals surface area contributed by atoms with Crippen LogP contribution in [0.1, 0.15) is 48.0 Å². The molecule has 1 atom stereocenters. The number of hydrogen-bond donors (Lipinski definition) is 1. The second kappa shape index (κ2) is 7.22. The maximum atomic E-state index is 13.3. The summed E-state index contributed by atoms with van der Waals surface area (Å²) < 4.78 is 26.9. The van der Waals surface area contributed by atoms with E-state index in [0.29, 0.717) is 34.3 Å². The highest BCUT2D eigenvalue weighted by Crippen LogP contribution is 2.32. The number of carbonyl (C=O) groups excluding carboxylic acids is 1. The van der Waals surface area contributed by atoms with E-state index in [1.807, 2.05) is 12.1 Å². The number of benzene rings is 2. The SMILES string of the molecule is CC(C)(C)c1ccc(C(=O)Nc2c3c(nn2-c2ccc(F)cc2)C[S@](=O)C3)cc1. The van der Waals surface area contributed by atoms with E-state index in [9.17, 15) is 13.4 Å². The van der Waals surface area contributed by atoms with Crippen LogP contribution >= 0.6 is 0 Å². The Bertz CT molecular complexity index is 1100. The lowest BCUT2D eigenvalue weighted by Gasteiger charge is -2.19. The van der Waals surface area contributed by atoms with Gasteiger partial charge >= 0.3 is 0 Å². The molecule has 0 aliphatic carbocycles. The lowest BCUT2D eigenvalue weighted by molar-refractivity contribution is 0.102. The largest absolute Gasteiger partial charge is 0.306 e. The maximum Gasteiger partial charge on any atom is 0.256 e. The molecule has 1 aliphatic rings. The van der Waals surface area contributed by atoms with Crippen LogP contribution in [0.5, 0.6) is 0 Å². The van der Waals surface area contributed by atoms with Gasteiger partial charge < -0.3 is 5.32 Å². The lowest BCUT2D eigenvalue weighted by Crippen LogP contribution is -2.17. The Hall–Kier alpha value is -2.80. The molecule has 0 saturated heterocycles. The van der Waals surface area contributed by atoms with Gasteiger partial charge in [-0.1, -0.05) is 32.9 Å². The molecule has 1 aliphatic heterocycles. The zero-order chi connectivity index (χ0) is 20.8. The smallest absolute Gasteiger partial charge is 0.256 e. The number of amides is 1. The van der Waals surface area contributed by atoms with E-state index in [4.69, 9.17) is 0 Å². The molecule has 0 saturated carbocycles. The van der Waals surface area contributed by atoms with Gasteiger partial charge in [-0.3, -0.25) is 9.00 Å². The minimum Gasteiger partial charge on any atom is -0.306 e. The average Bonchev–Trinajstić information content (AvgIpc) is 3.19. The molecule has 3 aromatic rings. The standard InChI is InChI=1S/C22H22FN3O2S/c1-22(2,3)15-6-4-14(5-7-15)21(27)24-20-18-12-29(28)13-19(18)25-26(20)17-10-8-16(23)9-11-17/h4-11H,12-13H2,1-3H3,(H,24,27)/t29-/m1/s1. The summed E-state index contributed by atoms with van der Waals surface area (Å²) in [6.45, 7) is 6.35. The van der Waals surface area contributed by atoms with Crippen LogP contribution in [0.3, 0.4) is 0 Å². The van der Waals surface area contributed by atoms with Crippen molar-refractivity contribution in [1.82, 2.24) is 9.78 Å². The topological polar surface area (TPSA) is 64.0 Å². The normalized spacial score (nSPS) is 15.9. The molecule has 2 heterocycles. The number of aromatic nitrogens is 2. The third-order valence-corrected chi connectivity index (χ3v) is 6.19. The van der Waals surface area contributed by atoms with Gasteiger partial charge in [-0.2, -0.15) is 5.10 Å². The van der Waals surface area contributed by atoms with Crippen molar-refractivity contribution in [1.29, 1.82) is 0 Å². The van der Waals surface area contributed by atoms with E-state index in [1.165, 1.54) is 12.1 Å². The van der Waals surface area contributed by atoms with Gasteiger partial charge in [0.15, 0.2) is 0 Å². The zero-order valence-corrected chi connectivity index (χ0v) is 17.3. The number of fused-ring (bicyclic) bond motifs is 1. The van der Waals surface area contributed by atoms with Gasteiger partial charge in [-0.25, -0.2) is 9.07 Å². The average molecular weight is 412 g/mol. The first kappa shape index (κ1) is 19.5.